The van der Waals surface area contributed by atoms with Crippen LogP contribution in [0.2, 0.25) is 0 Å². The molecule has 1 aliphatic heterocycles. The molecule has 1 aliphatic carbocycles. The minimum atomic E-state index is -0.339. The summed E-state index contributed by atoms with van der Waals surface area (Å²) in [5, 5.41) is 2.31. The van der Waals surface area contributed by atoms with E-state index < -0.39 is 0 Å². The van der Waals surface area contributed by atoms with E-state index in [1.807, 2.05) is 18.2 Å². The second kappa shape index (κ2) is 9.78. The van der Waals surface area contributed by atoms with E-state index in [4.69, 9.17) is 4.74 Å². The summed E-state index contributed by atoms with van der Waals surface area (Å²) in [6.07, 6.45) is 7.03. The fourth-order valence-electron chi connectivity index (χ4n) is 3.30. The van der Waals surface area contributed by atoms with E-state index in [2.05, 4.69) is 36.9 Å². The Balaban J connectivity index is 1.41. The van der Waals surface area contributed by atoms with Crippen molar-refractivity contribution in [3.05, 3.63) is 41.7 Å². The third-order valence-corrected chi connectivity index (χ3v) is 5.29. The van der Waals surface area contributed by atoms with Gasteiger partial charge in [0, 0.05) is 26.1 Å². The van der Waals surface area contributed by atoms with Gasteiger partial charge in [0.25, 0.3) is 0 Å². The second-order valence-electron chi connectivity index (χ2n) is 9.44. The fraction of sp³-hybridized carbons (Fsp3) is 0.565. The van der Waals surface area contributed by atoms with Gasteiger partial charge in [-0.1, -0.05) is 39.0 Å². The van der Waals surface area contributed by atoms with E-state index in [9.17, 15) is 14.0 Å². The number of benzene rings is 1. The summed E-state index contributed by atoms with van der Waals surface area (Å²) in [5.74, 6) is -0.260. The molecule has 2 fully saturated rings. The lowest BCUT2D eigenvalue weighted by Crippen LogP contribution is -2.49. The van der Waals surface area contributed by atoms with Crippen LogP contribution < -0.4 is 20.9 Å². The maximum atomic E-state index is 14.1. The highest BCUT2D eigenvalue weighted by Crippen LogP contribution is 2.46. The number of hydrogen-bond donors (Lipinski definition) is 3. The highest BCUT2D eigenvalue weighted by atomic mass is 19.1. The summed E-state index contributed by atoms with van der Waals surface area (Å²) in [6.45, 7) is 8.28. The number of hydrogen-bond acceptors (Lipinski definition) is 5. The van der Waals surface area contributed by atoms with Crippen molar-refractivity contribution in [1.29, 1.82) is 0 Å². The molecule has 170 valence electrons. The summed E-state index contributed by atoms with van der Waals surface area (Å²) in [4.78, 5) is 24.4. The molecule has 1 aromatic rings. The number of carbonyl (C=O) groups is 2. The number of rotatable bonds is 10. The Hall–Kier alpha value is -2.45. The zero-order valence-electron chi connectivity index (χ0n) is 18.6. The molecule has 3 rings (SSSR count). The third-order valence-electron chi connectivity index (χ3n) is 5.29. The van der Waals surface area contributed by atoms with Gasteiger partial charge in [0.15, 0.2) is 11.6 Å². The van der Waals surface area contributed by atoms with Crippen LogP contribution in [-0.4, -0.2) is 43.1 Å². The van der Waals surface area contributed by atoms with Crippen LogP contribution in [0.1, 0.15) is 52.0 Å². The summed E-state index contributed by atoms with van der Waals surface area (Å²) in [6, 6.07) is 4.76. The number of nitrogens with one attached hydrogen (secondary N) is 3. The van der Waals surface area contributed by atoms with Crippen molar-refractivity contribution in [3.63, 3.8) is 0 Å². The van der Waals surface area contributed by atoms with Crippen LogP contribution in [-0.2, 0) is 10.3 Å². The van der Waals surface area contributed by atoms with Crippen molar-refractivity contribution >= 4 is 11.9 Å². The van der Waals surface area contributed by atoms with Gasteiger partial charge in [-0.15, -0.1) is 0 Å². The molecule has 7 nitrogen and oxygen atoms in total. The molecule has 8 heteroatoms. The Labute approximate surface area is 183 Å². The zero-order chi connectivity index (χ0) is 22.5. The highest BCUT2D eigenvalue weighted by molar-refractivity contribution is 5.96. The quantitative estimate of drug-likeness (QED) is 0.300. The standard InChI is InChI=1S/C23H33FN4O3/c1-22(2,3)16-31-19-15-17(7-8-18(19)24)23(10-11-23)27-25-12-5-4-6-13-28-14-9-20(29)26-21(28)30/h4,6-8,15,25,27H,5,9-14,16H2,1-3H3,(H,26,29,30)/b6-4+. The molecule has 1 saturated carbocycles. The first-order chi connectivity index (χ1) is 14.7. The first-order valence-electron chi connectivity index (χ1n) is 10.9. The normalized spacial score (nSPS) is 18.4. The van der Waals surface area contributed by atoms with Gasteiger partial charge in [0.2, 0.25) is 5.91 Å². The number of urea groups is 1. The molecule has 31 heavy (non-hydrogen) atoms. The summed E-state index contributed by atoms with van der Waals surface area (Å²) < 4.78 is 19.9. The molecule has 0 radical (unpaired) electrons. The van der Waals surface area contributed by atoms with Crippen LogP contribution >= 0.6 is 0 Å². The van der Waals surface area contributed by atoms with Crippen molar-refractivity contribution in [2.75, 3.05) is 26.2 Å². The average molecular weight is 433 g/mol. The van der Waals surface area contributed by atoms with Gasteiger partial charge < -0.3 is 9.64 Å². The van der Waals surface area contributed by atoms with Crippen LogP contribution in [0.3, 0.4) is 0 Å². The lowest BCUT2D eigenvalue weighted by Gasteiger charge is -2.25. The van der Waals surface area contributed by atoms with Gasteiger partial charge in [-0.3, -0.25) is 15.5 Å². The number of amides is 3. The van der Waals surface area contributed by atoms with E-state index >= 15 is 0 Å². The van der Waals surface area contributed by atoms with Crippen molar-refractivity contribution in [2.24, 2.45) is 5.41 Å². The highest BCUT2D eigenvalue weighted by Gasteiger charge is 2.44. The third kappa shape index (κ3) is 6.77. The van der Waals surface area contributed by atoms with Crippen LogP contribution in [0.4, 0.5) is 9.18 Å². The Morgan fingerprint density at radius 1 is 1.26 bits per heavy atom. The van der Waals surface area contributed by atoms with Gasteiger partial charge in [-0.25, -0.2) is 14.6 Å². The molecule has 0 unspecified atom stereocenters. The van der Waals surface area contributed by atoms with E-state index in [-0.39, 0.29) is 28.7 Å². The van der Waals surface area contributed by atoms with E-state index in [1.54, 1.807) is 11.0 Å². The zero-order valence-corrected chi connectivity index (χ0v) is 18.6. The minimum absolute atomic E-state index is 0.0394. The van der Waals surface area contributed by atoms with Crippen LogP contribution in [0.15, 0.2) is 30.4 Å². The molecule has 0 spiro atoms. The monoisotopic (exact) mass is 432 g/mol. The molecular formula is C23H33FN4O3. The Kier molecular flexibility index (Phi) is 7.33. The van der Waals surface area contributed by atoms with Crippen LogP contribution in [0, 0.1) is 11.2 Å². The van der Waals surface area contributed by atoms with Gasteiger partial charge in [0.05, 0.1) is 12.1 Å². The predicted molar refractivity (Wildman–Crippen MR) is 117 cm³/mol. The van der Waals surface area contributed by atoms with Gasteiger partial charge in [0.1, 0.15) is 0 Å². The summed E-state index contributed by atoms with van der Waals surface area (Å²) >= 11 is 0. The molecule has 1 aromatic carbocycles. The number of hydrazine groups is 1. The first-order valence-corrected chi connectivity index (χ1v) is 10.9. The molecule has 3 N–H and O–H groups in total. The number of ether oxygens (including phenoxy) is 1. The van der Waals surface area contributed by atoms with Crippen molar-refractivity contribution < 1.29 is 18.7 Å². The van der Waals surface area contributed by atoms with Gasteiger partial charge in [-0.05, 0) is 42.4 Å². The van der Waals surface area contributed by atoms with Gasteiger partial charge >= 0.3 is 6.03 Å². The minimum Gasteiger partial charge on any atom is -0.490 e. The number of imide groups is 1. The SMILES string of the molecule is CC(C)(C)COc1cc(C2(NNCC/C=C/CN3CCC(=O)NC3=O)CC2)ccc1F. The number of nitrogens with zero attached hydrogens (tertiary/aromatic N) is 1. The lowest BCUT2D eigenvalue weighted by atomic mass is 9.98. The molecular weight excluding hydrogens is 399 g/mol. The van der Waals surface area contributed by atoms with Crippen LogP contribution in [0.25, 0.3) is 0 Å². The lowest BCUT2D eigenvalue weighted by molar-refractivity contribution is -0.121. The maximum Gasteiger partial charge on any atom is 0.324 e. The van der Waals surface area contributed by atoms with E-state index in [1.165, 1.54) is 6.07 Å². The average Bonchev–Trinajstić information content (AvgIpc) is 3.48. The molecule has 1 heterocycles. The largest absolute Gasteiger partial charge is 0.490 e. The van der Waals surface area contributed by atoms with Gasteiger partial charge in [-0.2, -0.15) is 0 Å². The number of halogens is 1. The van der Waals surface area contributed by atoms with Crippen molar-refractivity contribution in [3.8, 4) is 5.75 Å². The summed E-state index contributed by atoms with van der Waals surface area (Å²) in [5.41, 5.74) is 7.44. The van der Waals surface area contributed by atoms with Crippen molar-refractivity contribution in [1.82, 2.24) is 21.1 Å². The van der Waals surface area contributed by atoms with Crippen LogP contribution in [0.5, 0.6) is 5.75 Å². The Bertz CT molecular complexity index is 831. The first kappa shape index (κ1) is 23.2. The molecule has 0 bridgehead atoms. The topological polar surface area (TPSA) is 82.7 Å². The molecule has 0 atom stereocenters. The smallest absolute Gasteiger partial charge is 0.324 e. The van der Waals surface area contributed by atoms with Crippen molar-refractivity contribution in [2.45, 2.75) is 52.0 Å². The molecule has 2 aliphatic rings. The second-order valence-corrected chi connectivity index (χ2v) is 9.44. The maximum absolute atomic E-state index is 14.1. The Morgan fingerprint density at radius 2 is 2.03 bits per heavy atom. The van der Waals surface area contributed by atoms with E-state index in [0.29, 0.717) is 31.9 Å². The molecule has 1 saturated heterocycles. The molecule has 3 amide bonds. The number of carbonyl (C=O) groups excluding carboxylic acids is 2. The summed E-state index contributed by atoms with van der Waals surface area (Å²) in [7, 11) is 0. The fourth-order valence-corrected chi connectivity index (χ4v) is 3.30. The van der Waals surface area contributed by atoms with E-state index in [0.717, 1.165) is 31.4 Å². The Morgan fingerprint density at radius 3 is 2.71 bits per heavy atom. The predicted octanol–water partition coefficient (Wildman–Crippen LogP) is 3.22. The molecule has 0 aromatic heterocycles.